The molecule has 136 valence electrons. The quantitative estimate of drug-likeness (QED) is 0.755. The summed E-state index contributed by atoms with van der Waals surface area (Å²) in [7, 11) is 2.25. The molecule has 1 N–H and O–H groups in total. The number of benzene rings is 1. The monoisotopic (exact) mass is 348 g/mol. The van der Waals surface area contributed by atoms with Crippen LogP contribution in [-0.2, 0) is 13.1 Å². The summed E-state index contributed by atoms with van der Waals surface area (Å²) in [6.45, 7) is 4.34. The Hall–Kier alpha value is -2.17. The molecule has 1 saturated heterocycles. The summed E-state index contributed by atoms with van der Waals surface area (Å²) >= 11 is 0. The van der Waals surface area contributed by atoms with E-state index in [4.69, 9.17) is 0 Å². The molecular weight excluding hydrogens is 320 g/mol. The van der Waals surface area contributed by atoms with Crippen LogP contribution in [0.5, 0.6) is 0 Å². The largest absolute Gasteiger partial charge is 0.361 e. The van der Waals surface area contributed by atoms with Crippen LogP contribution in [-0.4, -0.2) is 45.9 Å². The molecule has 0 saturated carbocycles. The van der Waals surface area contributed by atoms with Crippen LogP contribution < -0.4 is 0 Å². The highest BCUT2D eigenvalue weighted by Gasteiger charge is 2.21. The van der Waals surface area contributed by atoms with E-state index in [9.17, 15) is 0 Å². The molecule has 4 nitrogen and oxygen atoms in total. The molecule has 0 radical (unpaired) electrons. The summed E-state index contributed by atoms with van der Waals surface area (Å²) in [5.74, 6) is 0. The van der Waals surface area contributed by atoms with Gasteiger partial charge in [-0.25, -0.2) is 0 Å². The van der Waals surface area contributed by atoms with Crippen LogP contribution in [0.4, 0.5) is 0 Å². The zero-order valence-electron chi connectivity index (χ0n) is 15.6. The Kier molecular flexibility index (Phi) is 5.32. The van der Waals surface area contributed by atoms with E-state index in [1.165, 1.54) is 42.3 Å². The van der Waals surface area contributed by atoms with Gasteiger partial charge in [0.2, 0.25) is 0 Å². The third kappa shape index (κ3) is 3.97. The van der Waals surface area contributed by atoms with Gasteiger partial charge in [0.1, 0.15) is 0 Å². The normalized spacial score (nSPS) is 19.1. The lowest BCUT2D eigenvalue weighted by Crippen LogP contribution is -2.32. The highest BCUT2D eigenvalue weighted by Crippen LogP contribution is 2.22. The maximum Gasteiger partial charge on any atom is 0.0543 e. The molecule has 0 aliphatic carbocycles. The molecule has 1 aliphatic heterocycles. The molecule has 26 heavy (non-hydrogen) atoms. The molecule has 0 spiro atoms. The summed E-state index contributed by atoms with van der Waals surface area (Å²) in [6.07, 6.45) is 7.69. The molecular formula is C22H28N4. The van der Waals surface area contributed by atoms with E-state index < -0.39 is 0 Å². The predicted octanol–water partition coefficient (Wildman–Crippen LogP) is 4.05. The van der Waals surface area contributed by atoms with E-state index in [0.29, 0.717) is 6.04 Å². The zero-order chi connectivity index (χ0) is 17.8. The molecule has 1 aliphatic rings. The van der Waals surface area contributed by atoms with Crippen molar-refractivity contribution < 1.29 is 0 Å². The molecule has 3 heterocycles. The standard InChI is InChI=1S/C22H28N4/c1-25(17-19-7-2-3-12-23-19)20-8-5-14-26(15-11-20)16-18-6-4-9-22-21(18)10-13-24-22/h2-4,6-7,9-10,12-13,20,24H,5,8,11,14-17H2,1H3/t20-/m1/s1. The van der Waals surface area contributed by atoms with Crippen molar-refractivity contribution in [2.24, 2.45) is 0 Å². The van der Waals surface area contributed by atoms with Crippen molar-refractivity contribution in [3.8, 4) is 0 Å². The number of H-pyrrole nitrogens is 1. The van der Waals surface area contributed by atoms with Gasteiger partial charge >= 0.3 is 0 Å². The SMILES string of the molecule is CN(Cc1ccccn1)[C@@H]1CCCN(Cc2cccc3[nH]ccc23)CC1. The third-order valence-electron chi connectivity index (χ3n) is 5.63. The number of pyridine rings is 1. The molecule has 1 aromatic carbocycles. The number of fused-ring (bicyclic) bond motifs is 1. The number of nitrogens with zero attached hydrogens (tertiary/aromatic N) is 3. The van der Waals surface area contributed by atoms with Gasteiger partial charge in [0.25, 0.3) is 0 Å². The number of rotatable bonds is 5. The van der Waals surface area contributed by atoms with Crippen molar-refractivity contribution in [3.63, 3.8) is 0 Å². The number of nitrogens with one attached hydrogen (secondary N) is 1. The van der Waals surface area contributed by atoms with Gasteiger partial charge in [-0.05, 0) is 69.2 Å². The van der Waals surface area contributed by atoms with Gasteiger partial charge in [-0.3, -0.25) is 14.8 Å². The molecule has 2 aromatic heterocycles. The Morgan fingerprint density at radius 1 is 1.12 bits per heavy atom. The summed E-state index contributed by atoms with van der Waals surface area (Å²) in [6, 6.07) is 15.6. The zero-order valence-corrected chi connectivity index (χ0v) is 15.6. The van der Waals surface area contributed by atoms with Gasteiger partial charge < -0.3 is 4.98 Å². The molecule has 0 bridgehead atoms. The van der Waals surface area contributed by atoms with E-state index in [-0.39, 0.29) is 0 Å². The second-order valence-corrected chi connectivity index (χ2v) is 7.45. The highest BCUT2D eigenvalue weighted by molar-refractivity contribution is 5.82. The third-order valence-corrected chi connectivity index (χ3v) is 5.63. The van der Waals surface area contributed by atoms with Crippen LogP contribution in [0.1, 0.15) is 30.5 Å². The molecule has 0 amide bonds. The minimum Gasteiger partial charge on any atom is -0.361 e. The fourth-order valence-electron chi connectivity index (χ4n) is 4.14. The lowest BCUT2D eigenvalue weighted by Gasteiger charge is -2.27. The predicted molar refractivity (Wildman–Crippen MR) is 107 cm³/mol. The fraction of sp³-hybridized carbons (Fsp3) is 0.409. The van der Waals surface area contributed by atoms with E-state index in [1.54, 1.807) is 0 Å². The van der Waals surface area contributed by atoms with Gasteiger partial charge in [-0.1, -0.05) is 18.2 Å². The first-order valence-corrected chi connectivity index (χ1v) is 9.67. The maximum absolute atomic E-state index is 4.48. The van der Waals surface area contributed by atoms with Crippen LogP contribution in [0.25, 0.3) is 10.9 Å². The van der Waals surface area contributed by atoms with Crippen molar-refractivity contribution in [3.05, 3.63) is 66.1 Å². The Morgan fingerprint density at radius 3 is 2.96 bits per heavy atom. The lowest BCUT2D eigenvalue weighted by atomic mass is 10.1. The number of hydrogen-bond acceptors (Lipinski definition) is 3. The Morgan fingerprint density at radius 2 is 2.08 bits per heavy atom. The Balaban J connectivity index is 1.36. The Bertz CT molecular complexity index is 826. The lowest BCUT2D eigenvalue weighted by molar-refractivity contribution is 0.204. The number of aromatic nitrogens is 2. The highest BCUT2D eigenvalue weighted by atomic mass is 15.2. The average molecular weight is 348 g/mol. The molecule has 4 heteroatoms. The van der Waals surface area contributed by atoms with Crippen LogP contribution in [0.2, 0.25) is 0 Å². The number of aromatic amines is 1. The van der Waals surface area contributed by atoms with Crippen molar-refractivity contribution in [2.45, 2.75) is 38.4 Å². The summed E-state index contributed by atoms with van der Waals surface area (Å²) in [5.41, 5.74) is 3.84. The van der Waals surface area contributed by atoms with Gasteiger partial charge in [-0.2, -0.15) is 0 Å². The first kappa shape index (κ1) is 17.3. The van der Waals surface area contributed by atoms with Gasteiger partial charge in [0.15, 0.2) is 0 Å². The minimum atomic E-state index is 0.644. The van der Waals surface area contributed by atoms with Gasteiger partial charge in [0, 0.05) is 42.4 Å². The van der Waals surface area contributed by atoms with Crippen LogP contribution >= 0.6 is 0 Å². The second-order valence-electron chi connectivity index (χ2n) is 7.45. The summed E-state index contributed by atoms with van der Waals surface area (Å²) in [4.78, 5) is 12.9. The number of hydrogen-bond donors (Lipinski definition) is 1. The minimum absolute atomic E-state index is 0.644. The van der Waals surface area contributed by atoms with Crippen molar-refractivity contribution in [1.82, 2.24) is 19.8 Å². The van der Waals surface area contributed by atoms with Crippen molar-refractivity contribution >= 4 is 10.9 Å². The van der Waals surface area contributed by atoms with Crippen molar-refractivity contribution in [2.75, 3.05) is 20.1 Å². The topological polar surface area (TPSA) is 35.2 Å². The van der Waals surface area contributed by atoms with E-state index >= 15 is 0 Å². The number of likely N-dealkylation sites (tertiary alicyclic amines) is 1. The second kappa shape index (κ2) is 8.02. The molecule has 4 rings (SSSR count). The van der Waals surface area contributed by atoms with Crippen LogP contribution in [0.3, 0.4) is 0 Å². The maximum atomic E-state index is 4.48. The van der Waals surface area contributed by atoms with Crippen LogP contribution in [0.15, 0.2) is 54.9 Å². The fourth-order valence-corrected chi connectivity index (χ4v) is 4.14. The van der Waals surface area contributed by atoms with Crippen molar-refractivity contribution in [1.29, 1.82) is 0 Å². The first-order chi connectivity index (χ1) is 12.8. The molecule has 3 aromatic rings. The van der Waals surface area contributed by atoms with Gasteiger partial charge in [-0.15, -0.1) is 0 Å². The van der Waals surface area contributed by atoms with Gasteiger partial charge in [0.05, 0.1) is 5.69 Å². The molecule has 0 unspecified atom stereocenters. The first-order valence-electron chi connectivity index (χ1n) is 9.67. The van der Waals surface area contributed by atoms with E-state index in [0.717, 1.165) is 25.3 Å². The van der Waals surface area contributed by atoms with E-state index in [1.807, 2.05) is 18.5 Å². The average Bonchev–Trinajstić information content (AvgIpc) is 3.03. The molecule has 1 fully saturated rings. The van der Waals surface area contributed by atoms with Crippen LogP contribution in [0, 0.1) is 0 Å². The summed E-state index contributed by atoms with van der Waals surface area (Å²) in [5, 5.41) is 1.36. The van der Waals surface area contributed by atoms with E-state index in [2.05, 4.69) is 63.2 Å². The summed E-state index contributed by atoms with van der Waals surface area (Å²) < 4.78 is 0. The Labute approximate surface area is 155 Å². The smallest absolute Gasteiger partial charge is 0.0543 e. The molecule has 1 atom stereocenters.